The quantitative estimate of drug-likeness (QED) is 0.478. The maximum Gasteiger partial charge on any atom is 0.268 e. The average molecular weight is 354 g/mol. The Morgan fingerprint density at radius 2 is 1.70 bits per heavy atom. The van der Waals surface area contributed by atoms with Gasteiger partial charge in [-0.2, -0.15) is 0 Å². The summed E-state index contributed by atoms with van der Waals surface area (Å²) < 4.78 is 3.68. The third kappa shape index (κ3) is 2.16. The molecular formula is C23H18N2O2. The zero-order valence-electron chi connectivity index (χ0n) is 15.2. The fourth-order valence-corrected chi connectivity index (χ4v) is 3.98. The van der Waals surface area contributed by atoms with Crippen molar-refractivity contribution in [2.45, 2.75) is 20.4 Å². The highest BCUT2D eigenvalue weighted by atomic mass is 16.2. The van der Waals surface area contributed by atoms with E-state index in [0.717, 1.165) is 16.8 Å². The lowest BCUT2D eigenvalue weighted by Gasteiger charge is -2.17. The van der Waals surface area contributed by atoms with Gasteiger partial charge in [-0.25, -0.2) is 0 Å². The van der Waals surface area contributed by atoms with E-state index in [2.05, 4.69) is 36.6 Å². The van der Waals surface area contributed by atoms with E-state index in [9.17, 15) is 9.59 Å². The van der Waals surface area contributed by atoms with Crippen LogP contribution < -0.4 is 5.43 Å². The lowest BCUT2D eigenvalue weighted by atomic mass is 10.0. The van der Waals surface area contributed by atoms with Crippen LogP contribution in [0.15, 0.2) is 65.6 Å². The lowest BCUT2D eigenvalue weighted by Crippen LogP contribution is -2.20. The zero-order chi connectivity index (χ0) is 18.7. The van der Waals surface area contributed by atoms with Gasteiger partial charge in [0, 0.05) is 18.1 Å². The minimum atomic E-state index is -0.241. The molecule has 0 fully saturated rings. The van der Waals surface area contributed by atoms with Crippen LogP contribution in [0.5, 0.6) is 0 Å². The Labute approximate surface area is 156 Å². The molecule has 132 valence electrons. The highest BCUT2D eigenvalue weighted by molar-refractivity contribution is 6.10. The highest BCUT2D eigenvalue weighted by Crippen LogP contribution is 2.33. The second kappa shape index (κ2) is 5.55. The number of fused-ring (bicyclic) bond motifs is 4. The molecule has 2 aromatic carbocycles. The molecule has 1 aliphatic rings. The van der Waals surface area contributed by atoms with Crippen molar-refractivity contribution < 1.29 is 4.79 Å². The van der Waals surface area contributed by atoms with E-state index < -0.39 is 0 Å². The maximum absolute atomic E-state index is 13.1. The van der Waals surface area contributed by atoms with Crippen LogP contribution in [0.25, 0.3) is 22.3 Å². The van der Waals surface area contributed by atoms with Crippen molar-refractivity contribution in [1.82, 2.24) is 9.13 Å². The number of benzene rings is 2. The van der Waals surface area contributed by atoms with Crippen molar-refractivity contribution in [3.8, 4) is 11.4 Å². The van der Waals surface area contributed by atoms with E-state index >= 15 is 0 Å². The van der Waals surface area contributed by atoms with Gasteiger partial charge in [-0.05, 0) is 54.8 Å². The smallest absolute Gasteiger partial charge is 0.268 e. The minimum absolute atomic E-state index is 0.189. The number of pyridine rings is 1. The number of nitrogens with zero attached hydrogens (tertiary/aromatic N) is 2. The van der Waals surface area contributed by atoms with Crippen LogP contribution in [0, 0.1) is 13.8 Å². The number of carbonyl (C=O) groups excluding carboxylic acids is 1. The van der Waals surface area contributed by atoms with Crippen LogP contribution in [-0.4, -0.2) is 15.0 Å². The summed E-state index contributed by atoms with van der Waals surface area (Å²) in [6.45, 7) is 4.79. The summed E-state index contributed by atoms with van der Waals surface area (Å²) in [7, 11) is 0. The first-order valence-electron chi connectivity index (χ1n) is 9.00. The fraction of sp³-hybridized carbons (Fsp3) is 0.130. The van der Waals surface area contributed by atoms with Gasteiger partial charge in [0.15, 0.2) is 0 Å². The molecule has 4 heteroatoms. The fourth-order valence-electron chi connectivity index (χ4n) is 3.98. The third-order valence-electron chi connectivity index (χ3n) is 5.51. The van der Waals surface area contributed by atoms with Gasteiger partial charge < -0.3 is 4.57 Å². The number of hydrogen-bond acceptors (Lipinski definition) is 2. The molecule has 27 heavy (non-hydrogen) atoms. The normalized spacial score (nSPS) is 12.4. The molecule has 0 aliphatic carbocycles. The number of aromatic nitrogens is 2. The molecule has 0 saturated carbocycles. The van der Waals surface area contributed by atoms with E-state index in [1.165, 1.54) is 11.1 Å². The lowest BCUT2D eigenvalue weighted by molar-refractivity contribution is 0.0968. The topological polar surface area (TPSA) is 44.0 Å². The Hall–Kier alpha value is -3.40. The van der Waals surface area contributed by atoms with Crippen LogP contribution >= 0.6 is 0 Å². The maximum atomic E-state index is 13.1. The molecule has 0 unspecified atom stereocenters. The largest absolute Gasteiger partial charge is 0.334 e. The van der Waals surface area contributed by atoms with E-state index in [1.807, 2.05) is 30.3 Å². The first-order valence-corrected chi connectivity index (χ1v) is 9.00. The van der Waals surface area contributed by atoms with Crippen LogP contribution in [0.3, 0.4) is 0 Å². The van der Waals surface area contributed by atoms with Crippen molar-refractivity contribution in [1.29, 1.82) is 0 Å². The van der Waals surface area contributed by atoms with Gasteiger partial charge in [-0.1, -0.05) is 30.3 Å². The Bertz CT molecular complexity index is 1310. The average Bonchev–Trinajstić information content (AvgIpc) is 3.24. The molecule has 0 saturated heterocycles. The van der Waals surface area contributed by atoms with Gasteiger partial charge in [0.1, 0.15) is 5.56 Å². The molecule has 4 aromatic rings. The molecular weight excluding hydrogens is 336 g/mol. The Morgan fingerprint density at radius 1 is 0.889 bits per heavy atom. The van der Waals surface area contributed by atoms with Crippen molar-refractivity contribution in [3.05, 3.63) is 93.3 Å². The second-order valence-corrected chi connectivity index (χ2v) is 7.14. The summed E-state index contributed by atoms with van der Waals surface area (Å²) >= 11 is 0. The number of rotatable bonds is 2. The van der Waals surface area contributed by atoms with Crippen LogP contribution in [0.4, 0.5) is 0 Å². The summed E-state index contributed by atoms with van der Waals surface area (Å²) in [5.41, 5.74) is 6.05. The summed E-state index contributed by atoms with van der Waals surface area (Å²) in [6.07, 6.45) is 1.72. The molecule has 0 radical (unpaired) electrons. The Balaban J connectivity index is 1.85. The number of carbonyl (C=O) groups is 1. The van der Waals surface area contributed by atoms with E-state index in [0.29, 0.717) is 17.6 Å². The first-order chi connectivity index (χ1) is 13.1. The van der Waals surface area contributed by atoms with Gasteiger partial charge in [0.05, 0.1) is 16.9 Å². The van der Waals surface area contributed by atoms with E-state index in [-0.39, 0.29) is 16.9 Å². The SMILES string of the molecule is Cc1ccc(Cn2c3c(c(=O)c4ccccc42)C(=O)n2cccc2-3)cc1C. The monoisotopic (exact) mass is 354 g/mol. The summed E-state index contributed by atoms with van der Waals surface area (Å²) in [5, 5.41) is 0.583. The van der Waals surface area contributed by atoms with Gasteiger partial charge in [0.25, 0.3) is 5.91 Å². The number of aryl methyl sites for hydroxylation is 2. The minimum Gasteiger partial charge on any atom is -0.334 e. The van der Waals surface area contributed by atoms with Crippen LogP contribution in [-0.2, 0) is 6.54 Å². The Morgan fingerprint density at radius 3 is 2.52 bits per heavy atom. The number of hydrogen-bond donors (Lipinski definition) is 0. The molecule has 4 nitrogen and oxygen atoms in total. The van der Waals surface area contributed by atoms with Crippen molar-refractivity contribution >= 4 is 16.8 Å². The summed E-state index contributed by atoms with van der Waals surface area (Å²) in [6, 6.07) is 17.7. The standard InChI is InChI=1S/C23H18N2O2/c1-14-9-10-16(12-15(14)2)13-25-18-7-4-3-6-17(18)22(26)20-21(25)19-8-5-11-24(19)23(20)27/h3-12H,13H2,1-2H3. The van der Waals surface area contributed by atoms with Crippen molar-refractivity contribution in [2.75, 3.05) is 0 Å². The van der Waals surface area contributed by atoms with Crippen molar-refractivity contribution in [2.24, 2.45) is 0 Å². The Kier molecular flexibility index (Phi) is 3.25. The molecule has 0 amide bonds. The van der Waals surface area contributed by atoms with Gasteiger partial charge >= 0.3 is 0 Å². The van der Waals surface area contributed by atoms with Crippen LogP contribution in [0.2, 0.25) is 0 Å². The number of para-hydroxylation sites is 1. The zero-order valence-corrected chi connectivity index (χ0v) is 15.2. The first kappa shape index (κ1) is 15.8. The predicted molar refractivity (Wildman–Crippen MR) is 106 cm³/mol. The van der Waals surface area contributed by atoms with Crippen LogP contribution in [0.1, 0.15) is 27.0 Å². The molecule has 0 bridgehead atoms. The predicted octanol–water partition coefficient (Wildman–Crippen LogP) is 4.14. The third-order valence-corrected chi connectivity index (χ3v) is 5.51. The molecule has 0 N–H and O–H groups in total. The van der Waals surface area contributed by atoms with Gasteiger partial charge in [-0.15, -0.1) is 0 Å². The van der Waals surface area contributed by atoms with E-state index in [1.54, 1.807) is 16.8 Å². The molecule has 2 aromatic heterocycles. The molecule has 3 heterocycles. The summed E-state index contributed by atoms with van der Waals surface area (Å²) in [5.74, 6) is -0.241. The van der Waals surface area contributed by atoms with Gasteiger partial charge in [-0.3, -0.25) is 14.2 Å². The van der Waals surface area contributed by atoms with E-state index in [4.69, 9.17) is 0 Å². The molecule has 5 rings (SSSR count). The summed E-state index contributed by atoms with van der Waals surface area (Å²) in [4.78, 5) is 25.9. The molecule has 1 aliphatic heterocycles. The van der Waals surface area contributed by atoms with Gasteiger partial charge in [0.2, 0.25) is 5.43 Å². The second-order valence-electron chi connectivity index (χ2n) is 7.14. The van der Waals surface area contributed by atoms with Crippen molar-refractivity contribution in [3.63, 3.8) is 0 Å². The molecule has 0 spiro atoms. The highest BCUT2D eigenvalue weighted by Gasteiger charge is 2.32. The molecule has 0 atom stereocenters.